The number of benzene rings is 2. The highest BCUT2D eigenvalue weighted by molar-refractivity contribution is 6.31. The molecular weight excluding hydrogens is 260 g/mol. The fraction of sp³-hybridized carbons (Fsp3) is 0.133. The van der Waals surface area contributed by atoms with Crippen LogP contribution in [-0.4, -0.2) is 5.91 Å². The maximum Gasteiger partial charge on any atom is 0.228 e. The number of carbonyl (C=O) groups is 1. The molecule has 0 spiro atoms. The van der Waals surface area contributed by atoms with Gasteiger partial charge in [0, 0.05) is 16.4 Å². The van der Waals surface area contributed by atoms with Gasteiger partial charge in [0.15, 0.2) is 0 Å². The molecule has 3 N–H and O–H groups in total. The Hall–Kier alpha value is -2.00. The van der Waals surface area contributed by atoms with Gasteiger partial charge >= 0.3 is 0 Å². The standard InChI is InChI=1S/C15H15ClN2O/c1-10-6-7-12(16)9-14(10)18-15(19)8-11-4-2-3-5-13(11)17/h2-7,9H,8,17H2,1H3,(H,18,19). The number of para-hydroxylation sites is 1. The minimum absolute atomic E-state index is 0.108. The number of hydrogen-bond acceptors (Lipinski definition) is 2. The number of nitrogens with two attached hydrogens (primary N) is 1. The van der Waals surface area contributed by atoms with Crippen LogP contribution in [0, 0.1) is 6.92 Å². The number of halogens is 1. The summed E-state index contributed by atoms with van der Waals surface area (Å²) in [6.45, 7) is 1.92. The number of anilines is 2. The molecule has 19 heavy (non-hydrogen) atoms. The molecule has 2 aromatic carbocycles. The van der Waals surface area contributed by atoms with Gasteiger partial charge in [0.2, 0.25) is 5.91 Å². The normalized spacial score (nSPS) is 10.2. The third-order valence-corrected chi connectivity index (χ3v) is 3.11. The number of carbonyl (C=O) groups excluding carboxylic acids is 1. The Kier molecular flexibility index (Phi) is 4.07. The van der Waals surface area contributed by atoms with Gasteiger partial charge < -0.3 is 11.1 Å². The zero-order chi connectivity index (χ0) is 13.8. The highest BCUT2D eigenvalue weighted by Crippen LogP contribution is 2.20. The molecule has 4 heteroatoms. The molecule has 0 aliphatic carbocycles. The van der Waals surface area contributed by atoms with Crippen molar-refractivity contribution in [2.24, 2.45) is 0 Å². The third kappa shape index (κ3) is 3.48. The molecule has 2 aromatic rings. The van der Waals surface area contributed by atoms with Crippen LogP contribution in [0.1, 0.15) is 11.1 Å². The smallest absolute Gasteiger partial charge is 0.228 e. The molecule has 0 radical (unpaired) electrons. The summed E-state index contributed by atoms with van der Waals surface area (Å²) in [6, 6.07) is 12.7. The second-order valence-corrected chi connectivity index (χ2v) is 4.82. The fourth-order valence-electron chi connectivity index (χ4n) is 1.79. The number of amides is 1. The van der Waals surface area contributed by atoms with Gasteiger partial charge in [0.05, 0.1) is 6.42 Å². The van der Waals surface area contributed by atoms with Gasteiger partial charge in [-0.25, -0.2) is 0 Å². The number of aryl methyl sites for hydroxylation is 1. The van der Waals surface area contributed by atoms with Crippen molar-refractivity contribution >= 4 is 28.9 Å². The Morgan fingerprint density at radius 3 is 2.74 bits per heavy atom. The zero-order valence-corrected chi connectivity index (χ0v) is 11.4. The van der Waals surface area contributed by atoms with E-state index in [1.807, 2.05) is 31.2 Å². The van der Waals surface area contributed by atoms with Gasteiger partial charge in [-0.3, -0.25) is 4.79 Å². The van der Waals surface area contributed by atoms with Crippen molar-refractivity contribution in [3.63, 3.8) is 0 Å². The van der Waals surface area contributed by atoms with E-state index in [2.05, 4.69) is 5.32 Å². The largest absolute Gasteiger partial charge is 0.398 e. The van der Waals surface area contributed by atoms with Crippen LogP contribution in [0.5, 0.6) is 0 Å². The zero-order valence-electron chi connectivity index (χ0n) is 10.6. The lowest BCUT2D eigenvalue weighted by molar-refractivity contribution is -0.115. The van der Waals surface area contributed by atoms with E-state index in [0.29, 0.717) is 10.7 Å². The lowest BCUT2D eigenvalue weighted by Gasteiger charge is -2.10. The minimum atomic E-state index is -0.108. The van der Waals surface area contributed by atoms with Crippen LogP contribution < -0.4 is 11.1 Å². The second-order valence-electron chi connectivity index (χ2n) is 4.38. The topological polar surface area (TPSA) is 55.1 Å². The van der Waals surface area contributed by atoms with E-state index in [0.717, 1.165) is 16.8 Å². The van der Waals surface area contributed by atoms with Gasteiger partial charge in [0.25, 0.3) is 0 Å². The predicted molar refractivity (Wildman–Crippen MR) is 79.4 cm³/mol. The summed E-state index contributed by atoms with van der Waals surface area (Å²) in [5.74, 6) is -0.108. The third-order valence-electron chi connectivity index (χ3n) is 2.88. The summed E-state index contributed by atoms with van der Waals surface area (Å²) in [6.07, 6.45) is 0.249. The Morgan fingerprint density at radius 2 is 2.00 bits per heavy atom. The SMILES string of the molecule is Cc1ccc(Cl)cc1NC(=O)Cc1ccccc1N. The van der Waals surface area contributed by atoms with Crippen molar-refractivity contribution in [1.82, 2.24) is 0 Å². The molecule has 0 unspecified atom stereocenters. The molecule has 0 fully saturated rings. The number of nitrogens with one attached hydrogen (secondary N) is 1. The monoisotopic (exact) mass is 274 g/mol. The van der Waals surface area contributed by atoms with E-state index in [9.17, 15) is 4.79 Å². The van der Waals surface area contributed by atoms with E-state index in [4.69, 9.17) is 17.3 Å². The Balaban J connectivity index is 2.10. The summed E-state index contributed by atoms with van der Waals surface area (Å²) in [5.41, 5.74) is 8.96. The average Bonchev–Trinajstić information content (AvgIpc) is 2.37. The van der Waals surface area contributed by atoms with Crippen molar-refractivity contribution in [3.05, 3.63) is 58.6 Å². The minimum Gasteiger partial charge on any atom is -0.398 e. The quantitative estimate of drug-likeness (QED) is 0.843. The van der Waals surface area contributed by atoms with Crippen molar-refractivity contribution in [3.8, 4) is 0 Å². The molecule has 0 saturated heterocycles. The van der Waals surface area contributed by atoms with E-state index in [1.54, 1.807) is 18.2 Å². The Labute approximate surface area is 117 Å². The molecule has 3 nitrogen and oxygen atoms in total. The van der Waals surface area contributed by atoms with Crippen molar-refractivity contribution < 1.29 is 4.79 Å². The molecule has 2 rings (SSSR count). The summed E-state index contributed by atoms with van der Waals surface area (Å²) >= 11 is 5.91. The first-order chi connectivity index (χ1) is 9.06. The number of nitrogen functional groups attached to an aromatic ring is 1. The van der Waals surface area contributed by atoms with Gasteiger partial charge in [-0.2, -0.15) is 0 Å². The first kappa shape index (κ1) is 13.4. The lowest BCUT2D eigenvalue weighted by atomic mass is 10.1. The predicted octanol–water partition coefficient (Wildman–Crippen LogP) is 3.41. The van der Waals surface area contributed by atoms with Crippen LogP contribution >= 0.6 is 11.6 Å². The number of rotatable bonds is 3. The van der Waals surface area contributed by atoms with Crippen LogP contribution in [0.25, 0.3) is 0 Å². The van der Waals surface area contributed by atoms with Crippen molar-refractivity contribution in [2.45, 2.75) is 13.3 Å². The molecule has 0 saturated carbocycles. The summed E-state index contributed by atoms with van der Waals surface area (Å²) < 4.78 is 0. The summed E-state index contributed by atoms with van der Waals surface area (Å²) in [5, 5.41) is 3.45. The van der Waals surface area contributed by atoms with Crippen LogP contribution in [0.2, 0.25) is 5.02 Å². The van der Waals surface area contributed by atoms with Gasteiger partial charge in [-0.1, -0.05) is 35.9 Å². The maximum atomic E-state index is 12.0. The molecule has 0 bridgehead atoms. The van der Waals surface area contributed by atoms with Gasteiger partial charge in [-0.05, 0) is 36.2 Å². The van der Waals surface area contributed by atoms with Crippen LogP contribution in [0.4, 0.5) is 11.4 Å². The fourth-order valence-corrected chi connectivity index (χ4v) is 1.96. The summed E-state index contributed by atoms with van der Waals surface area (Å²) in [7, 11) is 0. The Bertz CT molecular complexity index is 611. The molecule has 0 heterocycles. The van der Waals surface area contributed by atoms with Crippen molar-refractivity contribution in [2.75, 3.05) is 11.1 Å². The molecule has 98 valence electrons. The highest BCUT2D eigenvalue weighted by Gasteiger charge is 2.08. The van der Waals surface area contributed by atoms with Crippen LogP contribution in [0.15, 0.2) is 42.5 Å². The highest BCUT2D eigenvalue weighted by atomic mass is 35.5. The van der Waals surface area contributed by atoms with Crippen molar-refractivity contribution in [1.29, 1.82) is 0 Å². The molecule has 1 amide bonds. The van der Waals surface area contributed by atoms with Gasteiger partial charge in [-0.15, -0.1) is 0 Å². The van der Waals surface area contributed by atoms with Crippen LogP contribution in [0.3, 0.4) is 0 Å². The summed E-state index contributed by atoms with van der Waals surface area (Å²) in [4.78, 5) is 12.0. The molecule has 0 aliphatic heterocycles. The molecule has 0 aliphatic rings. The molecule has 0 aromatic heterocycles. The van der Waals surface area contributed by atoms with E-state index in [1.165, 1.54) is 0 Å². The molecular formula is C15H15ClN2O. The molecule has 0 atom stereocenters. The lowest BCUT2D eigenvalue weighted by Crippen LogP contribution is -2.16. The average molecular weight is 275 g/mol. The first-order valence-corrected chi connectivity index (χ1v) is 6.33. The van der Waals surface area contributed by atoms with Crippen LogP contribution in [-0.2, 0) is 11.2 Å². The van der Waals surface area contributed by atoms with E-state index in [-0.39, 0.29) is 12.3 Å². The number of hydrogen-bond donors (Lipinski definition) is 2. The second kappa shape index (κ2) is 5.76. The first-order valence-electron chi connectivity index (χ1n) is 5.95. The van der Waals surface area contributed by atoms with Gasteiger partial charge in [0.1, 0.15) is 0 Å². The maximum absolute atomic E-state index is 12.0. The van der Waals surface area contributed by atoms with E-state index >= 15 is 0 Å². The Morgan fingerprint density at radius 1 is 1.26 bits per heavy atom. The van der Waals surface area contributed by atoms with E-state index < -0.39 is 0 Å².